The highest BCUT2D eigenvalue weighted by Crippen LogP contribution is 2.26. The summed E-state index contributed by atoms with van der Waals surface area (Å²) in [6.07, 6.45) is 12.4. The van der Waals surface area contributed by atoms with Crippen LogP contribution >= 0.6 is 0 Å². The molecular formula is C13H21N. The minimum Gasteiger partial charge on any atom is -0.317 e. The van der Waals surface area contributed by atoms with E-state index in [2.05, 4.69) is 30.5 Å². The molecule has 0 saturated carbocycles. The van der Waals surface area contributed by atoms with Crippen molar-refractivity contribution in [3.8, 4) is 0 Å². The van der Waals surface area contributed by atoms with Crippen LogP contribution in [0.25, 0.3) is 0 Å². The topological polar surface area (TPSA) is 12.0 Å². The Morgan fingerprint density at radius 3 is 2.50 bits per heavy atom. The predicted octanol–water partition coefficient (Wildman–Crippen LogP) is 2.90. The maximum absolute atomic E-state index is 3.42. The van der Waals surface area contributed by atoms with Crippen LogP contribution in [-0.4, -0.2) is 13.1 Å². The van der Waals surface area contributed by atoms with E-state index in [1.165, 1.54) is 38.8 Å². The quantitative estimate of drug-likeness (QED) is 0.662. The van der Waals surface area contributed by atoms with Crippen LogP contribution in [0.1, 0.15) is 32.6 Å². The van der Waals surface area contributed by atoms with Crippen molar-refractivity contribution >= 4 is 0 Å². The molecule has 1 N–H and O–H groups in total. The van der Waals surface area contributed by atoms with Crippen LogP contribution in [0.3, 0.4) is 0 Å². The molecule has 1 heterocycles. The second-order valence-electron chi connectivity index (χ2n) is 4.64. The van der Waals surface area contributed by atoms with E-state index in [9.17, 15) is 0 Å². The van der Waals surface area contributed by atoms with Gasteiger partial charge in [0, 0.05) is 0 Å². The highest BCUT2D eigenvalue weighted by molar-refractivity contribution is 5.11. The summed E-state index contributed by atoms with van der Waals surface area (Å²) in [6, 6.07) is 0. The van der Waals surface area contributed by atoms with Crippen LogP contribution in [0.2, 0.25) is 0 Å². The molecule has 0 spiro atoms. The minimum absolute atomic E-state index is 0.810. The number of hydrogen-bond acceptors (Lipinski definition) is 1. The van der Waals surface area contributed by atoms with Gasteiger partial charge in [0.15, 0.2) is 0 Å². The van der Waals surface area contributed by atoms with E-state index in [4.69, 9.17) is 0 Å². The number of nitrogens with one attached hydrogen (secondary N) is 1. The van der Waals surface area contributed by atoms with Gasteiger partial charge < -0.3 is 5.32 Å². The zero-order valence-electron chi connectivity index (χ0n) is 9.13. The maximum Gasteiger partial charge on any atom is -0.00432 e. The van der Waals surface area contributed by atoms with Crippen LogP contribution < -0.4 is 5.32 Å². The molecule has 78 valence electrons. The van der Waals surface area contributed by atoms with E-state index in [0.717, 1.165) is 11.8 Å². The van der Waals surface area contributed by atoms with Gasteiger partial charge in [0.25, 0.3) is 0 Å². The summed E-state index contributed by atoms with van der Waals surface area (Å²) in [5.74, 6) is 1.67. The molecule has 0 amide bonds. The molecule has 1 saturated heterocycles. The summed E-state index contributed by atoms with van der Waals surface area (Å²) in [5, 5.41) is 3.42. The molecule has 1 aliphatic carbocycles. The lowest BCUT2D eigenvalue weighted by atomic mass is 9.88. The van der Waals surface area contributed by atoms with E-state index >= 15 is 0 Å². The Labute approximate surface area is 87.3 Å². The van der Waals surface area contributed by atoms with Gasteiger partial charge in [-0.1, -0.05) is 23.8 Å². The Morgan fingerprint density at radius 1 is 1.21 bits per heavy atom. The molecule has 0 atom stereocenters. The summed E-state index contributed by atoms with van der Waals surface area (Å²) in [5.41, 5.74) is 1.64. The average Bonchev–Trinajstić information content (AvgIpc) is 2.72. The Morgan fingerprint density at radius 2 is 1.86 bits per heavy atom. The Bertz CT molecular complexity index is 226. The minimum atomic E-state index is 0.810. The molecule has 1 nitrogen and oxygen atoms in total. The molecule has 0 aromatic carbocycles. The molecular weight excluding hydrogens is 170 g/mol. The van der Waals surface area contributed by atoms with Crippen molar-refractivity contribution in [1.29, 1.82) is 0 Å². The number of rotatable bonds is 2. The van der Waals surface area contributed by atoms with Crippen molar-refractivity contribution in [2.75, 3.05) is 13.1 Å². The Kier molecular flexibility index (Phi) is 3.41. The first kappa shape index (κ1) is 9.97. The fourth-order valence-corrected chi connectivity index (χ4v) is 2.56. The third kappa shape index (κ3) is 2.48. The number of piperidine rings is 1. The van der Waals surface area contributed by atoms with Crippen molar-refractivity contribution in [2.24, 2.45) is 11.8 Å². The van der Waals surface area contributed by atoms with E-state index in [0.29, 0.717) is 0 Å². The monoisotopic (exact) mass is 191 g/mol. The fourth-order valence-electron chi connectivity index (χ4n) is 2.56. The summed E-state index contributed by atoms with van der Waals surface area (Å²) < 4.78 is 0. The van der Waals surface area contributed by atoms with Gasteiger partial charge in [0.1, 0.15) is 0 Å². The van der Waals surface area contributed by atoms with Crippen LogP contribution in [-0.2, 0) is 0 Å². The molecule has 1 fully saturated rings. The molecule has 1 aliphatic heterocycles. The molecule has 2 rings (SSSR count). The highest BCUT2D eigenvalue weighted by atomic mass is 14.9. The summed E-state index contributed by atoms with van der Waals surface area (Å²) in [6.45, 7) is 4.74. The van der Waals surface area contributed by atoms with E-state index < -0.39 is 0 Å². The lowest BCUT2D eigenvalue weighted by Crippen LogP contribution is -2.28. The van der Waals surface area contributed by atoms with Crippen molar-refractivity contribution in [3.05, 3.63) is 23.8 Å². The smallest absolute Gasteiger partial charge is 0.00432 e. The molecule has 0 aromatic rings. The van der Waals surface area contributed by atoms with Crippen molar-refractivity contribution in [1.82, 2.24) is 5.32 Å². The van der Waals surface area contributed by atoms with E-state index in [1.807, 2.05) is 0 Å². The van der Waals surface area contributed by atoms with Gasteiger partial charge in [-0.05, 0) is 57.5 Å². The number of allylic oxidation sites excluding steroid dienone is 4. The SMILES string of the molecule is C/C(=C/C1CC=CC1)C1CCNCC1. The van der Waals surface area contributed by atoms with Crippen LogP contribution in [0.4, 0.5) is 0 Å². The van der Waals surface area contributed by atoms with Crippen molar-refractivity contribution in [3.63, 3.8) is 0 Å². The first-order valence-electron chi connectivity index (χ1n) is 5.90. The fraction of sp³-hybridized carbons (Fsp3) is 0.692. The van der Waals surface area contributed by atoms with E-state index in [1.54, 1.807) is 5.57 Å². The zero-order valence-corrected chi connectivity index (χ0v) is 9.13. The summed E-state index contributed by atoms with van der Waals surface area (Å²) in [4.78, 5) is 0. The molecule has 0 radical (unpaired) electrons. The summed E-state index contributed by atoms with van der Waals surface area (Å²) in [7, 11) is 0. The Balaban J connectivity index is 1.88. The van der Waals surface area contributed by atoms with Gasteiger partial charge in [-0.3, -0.25) is 0 Å². The summed E-state index contributed by atoms with van der Waals surface area (Å²) >= 11 is 0. The van der Waals surface area contributed by atoms with Gasteiger partial charge >= 0.3 is 0 Å². The zero-order chi connectivity index (χ0) is 9.80. The van der Waals surface area contributed by atoms with Crippen molar-refractivity contribution < 1.29 is 0 Å². The first-order valence-corrected chi connectivity index (χ1v) is 5.90. The third-order valence-electron chi connectivity index (χ3n) is 3.53. The largest absolute Gasteiger partial charge is 0.317 e. The van der Waals surface area contributed by atoms with Gasteiger partial charge in [0.2, 0.25) is 0 Å². The Hall–Kier alpha value is -0.560. The lowest BCUT2D eigenvalue weighted by molar-refractivity contribution is 0.417. The van der Waals surface area contributed by atoms with Crippen LogP contribution in [0.5, 0.6) is 0 Å². The normalized spacial score (nSPS) is 25.9. The van der Waals surface area contributed by atoms with E-state index in [-0.39, 0.29) is 0 Å². The number of hydrogen-bond donors (Lipinski definition) is 1. The lowest BCUT2D eigenvalue weighted by Gasteiger charge is -2.24. The molecule has 0 aromatic heterocycles. The van der Waals surface area contributed by atoms with Gasteiger partial charge in [0.05, 0.1) is 0 Å². The second-order valence-corrected chi connectivity index (χ2v) is 4.64. The van der Waals surface area contributed by atoms with Crippen LogP contribution in [0.15, 0.2) is 23.8 Å². The molecule has 2 aliphatic rings. The first-order chi connectivity index (χ1) is 6.86. The second kappa shape index (κ2) is 4.79. The third-order valence-corrected chi connectivity index (χ3v) is 3.53. The average molecular weight is 191 g/mol. The molecule has 14 heavy (non-hydrogen) atoms. The van der Waals surface area contributed by atoms with Gasteiger partial charge in [-0.15, -0.1) is 0 Å². The van der Waals surface area contributed by atoms with Crippen molar-refractivity contribution in [2.45, 2.75) is 32.6 Å². The van der Waals surface area contributed by atoms with Crippen LogP contribution in [0, 0.1) is 11.8 Å². The van der Waals surface area contributed by atoms with Gasteiger partial charge in [-0.25, -0.2) is 0 Å². The maximum atomic E-state index is 3.42. The molecule has 0 unspecified atom stereocenters. The highest BCUT2D eigenvalue weighted by Gasteiger charge is 2.16. The standard InChI is InChI=1S/C13H21N/c1-11(10-12-4-2-3-5-12)13-6-8-14-9-7-13/h2-3,10,12-14H,4-9H2,1H3/b11-10-. The predicted molar refractivity (Wildman–Crippen MR) is 61.2 cm³/mol. The molecule has 1 heteroatoms. The van der Waals surface area contributed by atoms with Gasteiger partial charge in [-0.2, -0.15) is 0 Å². The molecule has 0 bridgehead atoms.